The lowest BCUT2D eigenvalue weighted by Crippen LogP contribution is -2.21. The molecular weight excluding hydrogens is 206 g/mol. The molecule has 4 heteroatoms. The highest BCUT2D eigenvalue weighted by Gasteiger charge is 2.11. The van der Waals surface area contributed by atoms with E-state index in [9.17, 15) is 0 Å². The maximum absolute atomic E-state index is 8.88. The quantitative estimate of drug-likeness (QED) is 0.838. The minimum atomic E-state index is 0.144. The van der Waals surface area contributed by atoms with Crippen molar-refractivity contribution in [2.24, 2.45) is 0 Å². The Morgan fingerprint density at radius 1 is 1.25 bits per heavy atom. The van der Waals surface area contributed by atoms with E-state index in [1.165, 1.54) is 0 Å². The molecule has 0 radical (unpaired) electrons. The van der Waals surface area contributed by atoms with Crippen molar-refractivity contribution in [1.29, 1.82) is 0 Å². The van der Waals surface area contributed by atoms with Crippen molar-refractivity contribution in [2.75, 3.05) is 38.3 Å². The predicted molar refractivity (Wildman–Crippen MR) is 62.4 cm³/mol. The summed E-state index contributed by atoms with van der Waals surface area (Å²) in [6.45, 7) is 2.16. The van der Waals surface area contributed by atoms with E-state index in [-0.39, 0.29) is 6.61 Å². The largest absolute Gasteiger partial charge is 0.490 e. The van der Waals surface area contributed by atoms with Crippen LogP contribution in [0.15, 0.2) is 18.2 Å². The first kappa shape index (κ1) is 11.1. The van der Waals surface area contributed by atoms with Crippen LogP contribution in [0.2, 0.25) is 0 Å². The average molecular weight is 223 g/mol. The zero-order valence-corrected chi connectivity index (χ0v) is 9.48. The van der Waals surface area contributed by atoms with E-state index in [2.05, 4.69) is 0 Å². The van der Waals surface area contributed by atoms with Crippen molar-refractivity contribution in [3.05, 3.63) is 18.2 Å². The molecule has 0 saturated heterocycles. The number of anilines is 1. The fraction of sp³-hybridized carbons (Fsp3) is 0.500. The Morgan fingerprint density at radius 2 is 2.00 bits per heavy atom. The molecule has 0 bridgehead atoms. The van der Waals surface area contributed by atoms with Gasteiger partial charge in [-0.2, -0.15) is 0 Å². The normalized spacial score (nSPS) is 14.4. The number of nitrogens with zero attached hydrogens (tertiary/aromatic N) is 1. The number of fused-ring (bicyclic) bond motifs is 1. The Labute approximate surface area is 95.4 Å². The number of likely N-dealkylation sites (N-methyl/N-ethyl adjacent to an activating group) is 1. The first-order valence-corrected chi connectivity index (χ1v) is 5.53. The minimum Gasteiger partial charge on any atom is -0.490 e. The van der Waals surface area contributed by atoms with Gasteiger partial charge in [0.2, 0.25) is 0 Å². The molecule has 0 unspecified atom stereocenters. The van der Waals surface area contributed by atoms with Crippen molar-refractivity contribution in [1.82, 2.24) is 0 Å². The summed E-state index contributed by atoms with van der Waals surface area (Å²) in [5.74, 6) is 1.60. The number of aliphatic hydroxyl groups excluding tert-OH is 1. The highest BCUT2D eigenvalue weighted by atomic mass is 16.5. The Hall–Kier alpha value is -1.42. The summed E-state index contributed by atoms with van der Waals surface area (Å²) in [5, 5.41) is 8.88. The predicted octanol–water partition coefficient (Wildman–Crippen LogP) is 1.28. The van der Waals surface area contributed by atoms with Gasteiger partial charge in [0.05, 0.1) is 19.8 Å². The lowest BCUT2D eigenvalue weighted by molar-refractivity contribution is 0.296. The van der Waals surface area contributed by atoms with Crippen molar-refractivity contribution >= 4 is 5.69 Å². The summed E-state index contributed by atoms with van der Waals surface area (Å²) >= 11 is 0. The van der Waals surface area contributed by atoms with E-state index < -0.39 is 0 Å². The summed E-state index contributed by atoms with van der Waals surface area (Å²) in [6.07, 6.45) is 0.913. The highest BCUT2D eigenvalue weighted by Crippen LogP contribution is 2.33. The van der Waals surface area contributed by atoms with Crippen LogP contribution in [0.4, 0.5) is 5.69 Å². The van der Waals surface area contributed by atoms with Crippen LogP contribution in [0.25, 0.3) is 0 Å². The number of hydrogen-bond donors (Lipinski definition) is 1. The second kappa shape index (κ2) is 5.07. The van der Waals surface area contributed by atoms with Crippen LogP contribution in [0.5, 0.6) is 11.5 Å². The summed E-state index contributed by atoms with van der Waals surface area (Å²) in [5.41, 5.74) is 1.03. The molecule has 0 atom stereocenters. The molecule has 1 aliphatic rings. The molecule has 0 saturated carbocycles. The van der Waals surface area contributed by atoms with E-state index in [0.29, 0.717) is 19.8 Å². The average Bonchev–Trinajstić information content (AvgIpc) is 2.53. The molecule has 1 N–H and O–H groups in total. The van der Waals surface area contributed by atoms with E-state index in [1.54, 1.807) is 0 Å². The smallest absolute Gasteiger partial charge is 0.163 e. The molecule has 1 heterocycles. The van der Waals surface area contributed by atoms with E-state index in [0.717, 1.165) is 23.6 Å². The van der Waals surface area contributed by atoms with Crippen LogP contribution >= 0.6 is 0 Å². The van der Waals surface area contributed by atoms with Crippen molar-refractivity contribution in [3.8, 4) is 11.5 Å². The van der Waals surface area contributed by atoms with Crippen molar-refractivity contribution < 1.29 is 14.6 Å². The molecule has 0 fully saturated rings. The van der Waals surface area contributed by atoms with Gasteiger partial charge in [-0.25, -0.2) is 0 Å². The molecular formula is C12H17NO3. The molecule has 4 nitrogen and oxygen atoms in total. The van der Waals surface area contributed by atoms with Crippen molar-refractivity contribution in [2.45, 2.75) is 6.42 Å². The van der Waals surface area contributed by atoms with Gasteiger partial charge in [0.1, 0.15) is 0 Å². The van der Waals surface area contributed by atoms with Crippen LogP contribution in [-0.4, -0.2) is 38.5 Å². The number of hydrogen-bond acceptors (Lipinski definition) is 4. The summed E-state index contributed by atoms with van der Waals surface area (Å²) in [6, 6.07) is 5.85. The molecule has 0 aliphatic carbocycles. The molecule has 16 heavy (non-hydrogen) atoms. The van der Waals surface area contributed by atoms with Gasteiger partial charge in [0.15, 0.2) is 11.5 Å². The second-order valence-corrected chi connectivity index (χ2v) is 3.83. The van der Waals surface area contributed by atoms with Gasteiger partial charge in [-0.1, -0.05) is 0 Å². The molecule has 1 aliphatic heterocycles. The van der Waals surface area contributed by atoms with Gasteiger partial charge < -0.3 is 19.5 Å². The maximum Gasteiger partial charge on any atom is 0.163 e. The third-order valence-corrected chi connectivity index (χ3v) is 2.61. The van der Waals surface area contributed by atoms with E-state index in [1.807, 2.05) is 30.1 Å². The molecule has 1 aromatic carbocycles. The topological polar surface area (TPSA) is 41.9 Å². The standard InChI is InChI=1S/C12H17NO3/c1-13(5-6-14)10-3-4-11-12(9-10)16-8-2-7-15-11/h3-4,9,14H,2,5-8H2,1H3. The van der Waals surface area contributed by atoms with Crippen LogP contribution in [0.1, 0.15) is 6.42 Å². The summed E-state index contributed by atoms with van der Waals surface area (Å²) in [7, 11) is 1.94. The van der Waals surface area contributed by atoms with Crippen LogP contribution < -0.4 is 14.4 Å². The van der Waals surface area contributed by atoms with E-state index >= 15 is 0 Å². The summed E-state index contributed by atoms with van der Waals surface area (Å²) < 4.78 is 11.2. The van der Waals surface area contributed by atoms with Crippen molar-refractivity contribution in [3.63, 3.8) is 0 Å². The second-order valence-electron chi connectivity index (χ2n) is 3.83. The number of benzene rings is 1. The molecule has 1 aromatic rings. The molecule has 0 aromatic heterocycles. The molecule has 0 amide bonds. The Balaban J connectivity index is 2.20. The number of ether oxygens (including phenoxy) is 2. The lowest BCUT2D eigenvalue weighted by atomic mass is 10.2. The van der Waals surface area contributed by atoms with Gasteiger partial charge in [-0.3, -0.25) is 0 Å². The van der Waals surface area contributed by atoms with E-state index in [4.69, 9.17) is 14.6 Å². The molecule has 2 rings (SSSR count). The lowest BCUT2D eigenvalue weighted by Gasteiger charge is -2.19. The highest BCUT2D eigenvalue weighted by molar-refractivity contribution is 5.56. The molecule has 0 spiro atoms. The first-order valence-electron chi connectivity index (χ1n) is 5.53. The van der Waals surface area contributed by atoms with Gasteiger partial charge in [0, 0.05) is 31.8 Å². The van der Waals surface area contributed by atoms with Crippen LogP contribution in [-0.2, 0) is 0 Å². The minimum absolute atomic E-state index is 0.144. The third-order valence-electron chi connectivity index (χ3n) is 2.61. The summed E-state index contributed by atoms with van der Waals surface area (Å²) in [4.78, 5) is 1.98. The first-order chi connectivity index (χ1) is 7.81. The third kappa shape index (κ3) is 2.39. The monoisotopic (exact) mass is 223 g/mol. The fourth-order valence-corrected chi connectivity index (χ4v) is 1.67. The van der Waals surface area contributed by atoms with Crippen LogP contribution in [0.3, 0.4) is 0 Å². The van der Waals surface area contributed by atoms with Gasteiger partial charge in [0.25, 0.3) is 0 Å². The Morgan fingerprint density at radius 3 is 2.75 bits per heavy atom. The molecule has 88 valence electrons. The maximum atomic E-state index is 8.88. The Kier molecular flexibility index (Phi) is 3.51. The van der Waals surface area contributed by atoms with Gasteiger partial charge >= 0.3 is 0 Å². The van der Waals surface area contributed by atoms with Gasteiger partial charge in [-0.15, -0.1) is 0 Å². The zero-order chi connectivity index (χ0) is 11.4. The zero-order valence-electron chi connectivity index (χ0n) is 9.48. The fourth-order valence-electron chi connectivity index (χ4n) is 1.67. The number of aliphatic hydroxyl groups is 1. The SMILES string of the molecule is CN(CCO)c1ccc2c(c1)OCCCO2. The van der Waals surface area contributed by atoms with Gasteiger partial charge in [-0.05, 0) is 12.1 Å². The number of rotatable bonds is 3. The van der Waals surface area contributed by atoms with Crippen LogP contribution in [0, 0.1) is 0 Å². The Bertz CT molecular complexity index is 354.